The molecule has 3 heterocycles. The number of nitrogens with one attached hydrogen (secondary N) is 1. The van der Waals surface area contributed by atoms with E-state index in [1.54, 1.807) is 11.3 Å². The van der Waals surface area contributed by atoms with Gasteiger partial charge in [0.05, 0.1) is 10.6 Å². The summed E-state index contributed by atoms with van der Waals surface area (Å²) in [6.45, 7) is 6.23. The number of fused-ring (bicyclic) bond motifs is 1. The second kappa shape index (κ2) is 6.68. The maximum Gasteiger partial charge on any atom is 0.243 e. The first-order valence-electron chi connectivity index (χ1n) is 8.90. The lowest BCUT2D eigenvalue weighted by atomic mass is 9.82. The molecule has 1 amide bonds. The van der Waals surface area contributed by atoms with Crippen molar-refractivity contribution in [2.75, 3.05) is 0 Å². The number of hydrazone groups is 1. The zero-order valence-corrected chi connectivity index (χ0v) is 15.9. The van der Waals surface area contributed by atoms with Crippen LogP contribution in [-0.2, 0) is 4.79 Å². The minimum absolute atomic E-state index is 0.0131. The molecule has 1 aliphatic rings. The number of aryl methyl sites for hydroxylation is 1. The fourth-order valence-electron chi connectivity index (χ4n) is 3.47. The minimum atomic E-state index is -0.0393. The van der Waals surface area contributed by atoms with Crippen LogP contribution in [0.3, 0.4) is 0 Å². The molecule has 6 heteroatoms. The van der Waals surface area contributed by atoms with Gasteiger partial charge in [0.1, 0.15) is 5.52 Å². The SMILES string of the molecule is CCCC1C(=O)NN=C(c2ccc3nc(-c4cc(C)cs4)oc3c2)C1C. The van der Waals surface area contributed by atoms with Crippen molar-refractivity contribution in [2.45, 2.75) is 33.6 Å². The lowest BCUT2D eigenvalue weighted by Crippen LogP contribution is -2.40. The predicted molar refractivity (Wildman–Crippen MR) is 104 cm³/mol. The van der Waals surface area contributed by atoms with Crippen molar-refractivity contribution in [3.8, 4) is 10.8 Å². The van der Waals surface area contributed by atoms with Crippen LogP contribution in [0.5, 0.6) is 0 Å². The molecule has 2 atom stereocenters. The van der Waals surface area contributed by atoms with E-state index in [1.165, 1.54) is 5.56 Å². The first kappa shape index (κ1) is 17.0. The van der Waals surface area contributed by atoms with E-state index in [-0.39, 0.29) is 17.7 Å². The van der Waals surface area contributed by atoms with Gasteiger partial charge in [0.25, 0.3) is 0 Å². The number of carbonyl (C=O) groups excluding carboxylic acids is 1. The molecule has 0 spiro atoms. The number of benzene rings is 1. The van der Waals surface area contributed by atoms with Crippen molar-refractivity contribution in [3.05, 3.63) is 40.8 Å². The van der Waals surface area contributed by atoms with Crippen LogP contribution < -0.4 is 5.43 Å². The number of nitrogens with zero attached hydrogens (tertiary/aromatic N) is 2. The third-order valence-corrected chi connectivity index (χ3v) is 5.92. The molecule has 0 saturated carbocycles. The van der Waals surface area contributed by atoms with Crippen LogP contribution in [0.2, 0.25) is 0 Å². The lowest BCUT2D eigenvalue weighted by molar-refractivity contribution is -0.126. The highest BCUT2D eigenvalue weighted by atomic mass is 32.1. The Bertz CT molecular complexity index is 1000. The summed E-state index contributed by atoms with van der Waals surface area (Å²) in [5.74, 6) is 0.691. The molecule has 0 fully saturated rings. The van der Waals surface area contributed by atoms with Gasteiger partial charge in [0, 0.05) is 17.4 Å². The largest absolute Gasteiger partial charge is 0.435 e. The van der Waals surface area contributed by atoms with Gasteiger partial charge in [-0.2, -0.15) is 5.10 Å². The molecule has 26 heavy (non-hydrogen) atoms. The number of amides is 1. The van der Waals surface area contributed by atoms with Gasteiger partial charge >= 0.3 is 0 Å². The van der Waals surface area contributed by atoms with E-state index in [9.17, 15) is 4.79 Å². The predicted octanol–water partition coefficient (Wildman–Crippen LogP) is 4.75. The summed E-state index contributed by atoms with van der Waals surface area (Å²) in [7, 11) is 0. The Kier molecular flexibility index (Phi) is 4.36. The highest BCUT2D eigenvalue weighted by Crippen LogP contribution is 2.31. The number of rotatable bonds is 4. The Balaban J connectivity index is 1.70. The molecule has 4 rings (SSSR count). The summed E-state index contributed by atoms with van der Waals surface area (Å²) in [5.41, 5.74) is 7.32. The van der Waals surface area contributed by atoms with Crippen molar-refractivity contribution in [3.63, 3.8) is 0 Å². The Labute approximate surface area is 156 Å². The number of carbonyl (C=O) groups is 1. The maximum atomic E-state index is 12.1. The first-order valence-corrected chi connectivity index (χ1v) is 9.78. The van der Waals surface area contributed by atoms with E-state index in [4.69, 9.17) is 4.42 Å². The molecule has 0 aliphatic carbocycles. The van der Waals surface area contributed by atoms with Crippen LogP contribution in [0.4, 0.5) is 0 Å². The van der Waals surface area contributed by atoms with E-state index in [0.29, 0.717) is 5.89 Å². The fourth-order valence-corrected chi connectivity index (χ4v) is 4.29. The van der Waals surface area contributed by atoms with E-state index in [2.05, 4.69) is 47.7 Å². The molecule has 0 saturated heterocycles. The average Bonchev–Trinajstić information content (AvgIpc) is 3.24. The number of hydrogen-bond donors (Lipinski definition) is 1. The van der Waals surface area contributed by atoms with Gasteiger partial charge in [0.15, 0.2) is 5.58 Å². The smallest absolute Gasteiger partial charge is 0.243 e. The molecular formula is C20H21N3O2S. The van der Waals surface area contributed by atoms with E-state index in [0.717, 1.165) is 40.1 Å². The number of hydrogen-bond acceptors (Lipinski definition) is 5. The molecule has 2 aromatic heterocycles. The van der Waals surface area contributed by atoms with Crippen LogP contribution >= 0.6 is 11.3 Å². The van der Waals surface area contributed by atoms with Gasteiger partial charge < -0.3 is 4.42 Å². The molecule has 1 N–H and O–H groups in total. The molecule has 1 aliphatic heterocycles. The summed E-state index contributed by atoms with van der Waals surface area (Å²) in [4.78, 5) is 17.7. The second-order valence-electron chi connectivity index (χ2n) is 6.85. The van der Waals surface area contributed by atoms with Crippen molar-refractivity contribution in [1.82, 2.24) is 10.4 Å². The quantitative estimate of drug-likeness (QED) is 0.723. The van der Waals surface area contributed by atoms with Crippen LogP contribution in [0.25, 0.3) is 21.9 Å². The van der Waals surface area contributed by atoms with Gasteiger partial charge in [-0.1, -0.05) is 26.3 Å². The maximum absolute atomic E-state index is 12.1. The molecule has 1 aromatic carbocycles. The van der Waals surface area contributed by atoms with Gasteiger partial charge in [0.2, 0.25) is 11.8 Å². The van der Waals surface area contributed by atoms with E-state index >= 15 is 0 Å². The number of thiophene rings is 1. The Hall–Kier alpha value is -2.47. The van der Waals surface area contributed by atoms with Crippen LogP contribution in [0.15, 0.2) is 39.2 Å². The summed E-state index contributed by atoms with van der Waals surface area (Å²) in [6.07, 6.45) is 1.83. The van der Waals surface area contributed by atoms with E-state index < -0.39 is 0 Å². The molecule has 134 valence electrons. The molecule has 0 bridgehead atoms. The van der Waals surface area contributed by atoms with Gasteiger partial charge in [-0.15, -0.1) is 11.3 Å². The molecule has 3 aromatic rings. The zero-order valence-electron chi connectivity index (χ0n) is 15.1. The average molecular weight is 367 g/mol. The fraction of sp³-hybridized carbons (Fsp3) is 0.350. The molecular weight excluding hydrogens is 346 g/mol. The Morgan fingerprint density at radius 2 is 2.15 bits per heavy atom. The second-order valence-corrected chi connectivity index (χ2v) is 7.76. The van der Waals surface area contributed by atoms with Crippen molar-refractivity contribution in [2.24, 2.45) is 16.9 Å². The summed E-state index contributed by atoms with van der Waals surface area (Å²) in [5, 5.41) is 6.41. The number of oxazole rings is 1. The molecule has 2 unspecified atom stereocenters. The monoisotopic (exact) mass is 367 g/mol. The van der Waals surface area contributed by atoms with Gasteiger partial charge in [-0.05, 0) is 42.5 Å². The molecule has 5 nitrogen and oxygen atoms in total. The standard InChI is InChI=1S/C20H21N3O2S/c1-4-5-14-12(3)18(22-23-19(14)24)13-6-7-15-16(9-13)25-20(21-15)17-8-11(2)10-26-17/h6-10,12,14H,4-5H2,1-3H3,(H,23,24). The third kappa shape index (κ3) is 2.94. The minimum Gasteiger partial charge on any atom is -0.435 e. The van der Waals surface area contributed by atoms with E-state index in [1.807, 2.05) is 18.2 Å². The van der Waals surface area contributed by atoms with Crippen LogP contribution in [0, 0.1) is 18.8 Å². The number of aromatic nitrogens is 1. The van der Waals surface area contributed by atoms with Gasteiger partial charge in [-0.3, -0.25) is 4.79 Å². The van der Waals surface area contributed by atoms with Crippen molar-refractivity contribution < 1.29 is 9.21 Å². The van der Waals surface area contributed by atoms with Crippen molar-refractivity contribution in [1.29, 1.82) is 0 Å². The normalized spacial score (nSPS) is 20.3. The van der Waals surface area contributed by atoms with Crippen LogP contribution in [-0.4, -0.2) is 16.6 Å². The summed E-state index contributed by atoms with van der Waals surface area (Å²) in [6, 6.07) is 8.01. The Morgan fingerprint density at radius 3 is 2.88 bits per heavy atom. The summed E-state index contributed by atoms with van der Waals surface area (Å²) >= 11 is 1.63. The topological polar surface area (TPSA) is 67.5 Å². The highest BCUT2D eigenvalue weighted by Gasteiger charge is 2.32. The first-order chi connectivity index (χ1) is 12.6. The highest BCUT2D eigenvalue weighted by molar-refractivity contribution is 7.13. The van der Waals surface area contributed by atoms with Crippen molar-refractivity contribution >= 4 is 34.1 Å². The van der Waals surface area contributed by atoms with Crippen LogP contribution in [0.1, 0.15) is 37.8 Å². The summed E-state index contributed by atoms with van der Waals surface area (Å²) < 4.78 is 5.99. The van der Waals surface area contributed by atoms with Gasteiger partial charge in [-0.25, -0.2) is 10.4 Å². The zero-order chi connectivity index (χ0) is 18.3. The lowest BCUT2D eigenvalue weighted by Gasteiger charge is -2.27. The third-order valence-electron chi connectivity index (χ3n) is 4.88. The Morgan fingerprint density at radius 1 is 1.31 bits per heavy atom. The molecule has 0 radical (unpaired) electrons.